The number of hydrazine groups is 1. The van der Waals surface area contributed by atoms with E-state index in [0.29, 0.717) is 27.9 Å². The van der Waals surface area contributed by atoms with E-state index in [-0.39, 0.29) is 0 Å². The summed E-state index contributed by atoms with van der Waals surface area (Å²) >= 11 is 0. The second kappa shape index (κ2) is 8.80. The lowest BCUT2D eigenvalue weighted by molar-refractivity contribution is -0.124. The lowest BCUT2D eigenvalue weighted by Gasteiger charge is -2.18. The average molecular weight is 437 g/mol. The lowest BCUT2D eigenvalue weighted by atomic mass is 10.1. The first-order chi connectivity index (χ1) is 16.2. The molecular weight excluding hydrogens is 418 g/mol. The second-order valence-corrected chi connectivity index (χ2v) is 7.29. The van der Waals surface area contributed by atoms with E-state index in [1.165, 1.54) is 4.68 Å². The third-order valence-electron chi connectivity index (χ3n) is 5.19. The van der Waals surface area contributed by atoms with Gasteiger partial charge in [0.15, 0.2) is 11.8 Å². The Hall–Kier alpha value is -4.72. The van der Waals surface area contributed by atoms with Gasteiger partial charge in [0.25, 0.3) is 11.8 Å². The molecule has 2 amide bonds. The summed E-state index contributed by atoms with van der Waals surface area (Å²) in [4.78, 5) is 30.8. The molecule has 0 aliphatic carbocycles. The van der Waals surface area contributed by atoms with Crippen molar-refractivity contribution in [3.8, 4) is 11.5 Å². The van der Waals surface area contributed by atoms with Gasteiger partial charge in [0.2, 0.25) is 0 Å². The molecule has 0 saturated heterocycles. The van der Waals surface area contributed by atoms with Gasteiger partial charge in [-0.25, -0.2) is 4.98 Å². The molecule has 1 unspecified atom stereocenters. The number of benzene rings is 2. The Morgan fingerprint density at radius 1 is 0.909 bits per heavy atom. The number of carbonyl (C=O) groups excluding carboxylic acids is 2. The maximum Gasteiger partial charge on any atom is 0.270 e. The van der Waals surface area contributed by atoms with Crippen molar-refractivity contribution < 1.29 is 14.0 Å². The van der Waals surface area contributed by atoms with Gasteiger partial charge in [-0.05, 0) is 35.9 Å². The third-order valence-corrected chi connectivity index (χ3v) is 5.19. The molecule has 0 radical (unpaired) electrons. The van der Waals surface area contributed by atoms with Crippen molar-refractivity contribution >= 4 is 22.7 Å². The minimum absolute atomic E-state index is 0.364. The Morgan fingerprint density at radius 2 is 1.73 bits per heavy atom. The molecule has 2 N–H and O–H groups in total. The van der Waals surface area contributed by atoms with Crippen molar-refractivity contribution in [2.45, 2.75) is 6.04 Å². The minimum Gasteiger partial charge on any atom is -0.463 e. The van der Waals surface area contributed by atoms with E-state index >= 15 is 0 Å². The second-order valence-electron chi connectivity index (χ2n) is 7.29. The quantitative estimate of drug-likeness (QED) is 0.408. The van der Waals surface area contributed by atoms with Crippen LogP contribution in [0.4, 0.5) is 0 Å². The molecule has 5 aromatic rings. The van der Waals surface area contributed by atoms with Crippen LogP contribution in [0, 0.1) is 0 Å². The molecule has 0 aliphatic heterocycles. The maximum absolute atomic E-state index is 13.1. The van der Waals surface area contributed by atoms with E-state index in [9.17, 15) is 9.59 Å². The summed E-state index contributed by atoms with van der Waals surface area (Å²) in [5.74, 6) is -0.355. The molecule has 3 aromatic heterocycles. The minimum atomic E-state index is -0.741. The monoisotopic (exact) mass is 437 g/mol. The van der Waals surface area contributed by atoms with Crippen LogP contribution in [0.1, 0.15) is 22.0 Å². The van der Waals surface area contributed by atoms with Crippen LogP contribution in [0.5, 0.6) is 0 Å². The number of nitrogens with zero attached hydrogens (tertiary/aromatic N) is 3. The van der Waals surface area contributed by atoms with Gasteiger partial charge in [0.1, 0.15) is 5.69 Å². The molecule has 0 fully saturated rings. The molecular formula is C25H19N5O3. The summed E-state index contributed by atoms with van der Waals surface area (Å²) in [6, 6.07) is 22.7. The summed E-state index contributed by atoms with van der Waals surface area (Å²) in [6.45, 7) is 0. The van der Waals surface area contributed by atoms with E-state index in [1.54, 1.807) is 42.9 Å². The fraction of sp³-hybridized carbons (Fsp3) is 0.0400. The summed E-state index contributed by atoms with van der Waals surface area (Å²) in [7, 11) is 0. The van der Waals surface area contributed by atoms with Gasteiger partial charge in [-0.1, -0.05) is 48.5 Å². The standard InChI is InChI=1S/C25H19N5O3/c31-24(19-16-21(22-12-6-15-33-22)27-20-11-5-4-10-18(19)20)28-29-25(32)23(30-14-7-13-26-30)17-8-2-1-3-9-17/h1-16,23H,(H,28,31)(H,29,32). The molecule has 0 aliphatic rings. The van der Waals surface area contributed by atoms with Gasteiger partial charge < -0.3 is 4.42 Å². The normalized spacial score (nSPS) is 11.8. The van der Waals surface area contributed by atoms with Crippen LogP contribution < -0.4 is 10.9 Å². The first-order valence-electron chi connectivity index (χ1n) is 10.3. The van der Waals surface area contributed by atoms with Gasteiger partial charge in [-0.15, -0.1) is 0 Å². The molecule has 1 atom stereocenters. The highest BCUT2D eigenvalue weighted by Gasteiger charge is 2.24. The highest BCUT2D eigenvalue weighted by Crippen LogP contribution is 2.25. The van der Waals surface area contributed by atoms with Crippen LogP contribution >= 0.6 is 0 Å². The van der Waals surface area contributed by atoms with Crippen molar-refractivity contribution in [3.63, 3.8) is 0 Å². The Bertz CT molecular complexity index is 1400. The largest absolute Gasteiger partial charge is 0.463 e. The smallest absolute Gasteiger partial charge is 0.270 e. The van der Waals surface area contributed by atoms with Crippen molar-refractivity contribution in [2.75, 3.05) is 0 Å². The number of furan rings is 1. The number of hydrogen-bond donors (Lipinski definition) is 2. The number of carbonyl (C=O) groups is 2. The van der Waals surface area contributed by atoms with Crippen LogP contribution in [0.3, 0.4) is 0 Å². The predicted octanol–water partition coefficient (Wildman–Crippen LogP) is 3.74. The Morgan fingerprint density at radius 3 is 2.48 bits per heavy atom. The number of para-hydroxylation sites is 1. The molecule has 162 valence electrons. The Labute approximate surface area is 188 Å². The van der Waals surface area contributed by atoms with Crippen LogP contribution in [-0.4, -0.2) is 26.6 Å². The van der Waals surface area contributed by atoms with Crippen molar-refractivity contribution in [1.82, 2.24) is 25.6 Å². The van der Waals surface area contributed by atoms with E-state index < -0.39 is 17.9 Å². The molecule has 8 nitrogen and oxygen atoms in total. The maximum atomic E-state index is 13.1. The number of hydrogen-bond acceptors (Lipinski definition) is 5. The first-order valence-corrected chi connectivity index (χ1v) is 10.3. The summed E-state index contributed by atoms with van der Waals surface area (Å²) < 4.78 is 6.98. The Kier molecular flexibility index (Phi) is 5.38. The predicted molar refractivity (Wildman–Crippen MR) is 122 cm³/mol. The average Bonchev–Trinajstić information content (AvgIpc) is 3.58. The number of amides is 2. The first kappa shape index (κ1) is 20.2. The highest BCUT2D eigenvalue weighted by atomic mass is 16.3. The molecule has 2 aromatic carbocycles. The molecule has 33 heavy (non-hydrogen) atoms. The van der Waals surface area contributed by atoms with Crippen molar-refractivity contribution in [2.24, 2.45) is 0 Å². The van der Waals surface area contributed by atoms with Crippen LogP contribution in [-0.2, 0) is 4.79 Å². The van der Waals surface area contributed by atoms with Crippen LogP contribution in [0.2, 0.25) is 0 Å². The lowest BCUT2D eigenvalue weighted by Crippen LogP contribution is -2.45. The number of rotatable bonds is 5. The molecule has 0 bridgehead atoms. The fourth-order valence-electron chi connectivity index (χ4n) is 3.66. The van der Waals surface area contributed by atoms with Crippen LogP contribution in [0.25, 0.3) is 22.4 Å². The van der Waals surface area contributed by atoms with Crippen LogP contribution in [0.15, 0.2) is 102 Å². The Balaban J connectivity index is 1.42. The van der Waals surface area contributed by atoms with Gasteiger partial charge >= 0.3 is 0 Å². The summed E-state index contributed by atoms with van der Waals surface area (Å²) in [6.07, 6.45) is 4.84. The van der Waals surface area contributed by atoms with Gasteiger partial charge in [0.05, 0.1) is 17.3 Å². The van der Waals surface area contributed by atoms with Gasteiger partial charge in [-0.3, -0.25) is 25.1 Å². The molecule has 0 saturated carbocycles. The molecule has 3 heterocycles. The van der Waals surface area contributed by atoms with Gasteiger partial charge in [0, 0.05) is 17.8 Å². The molecule has 0 spiro atoms. The summed E-state index contributed by atoms with van der Waals surface area (Å²) in [5.41, 5.74) is 7.35. The molecule has 8 heteroatoms. The summed E-state index contributed by atoms with van der Waals surface area (Å²) in [5, 5.41) is 4.86. The zero-order chi connectivity index (χ0) is 22.6. The fourth-order valence-corrected chi connectivity index (χ4v) is 3.66. The van der Waals surface area contributed by atoms with E-state index in [4.69, 9.17) is 4.42 Å². The topological polar surface area (TPSA) is 102 Å². The van der Waals surface area contributed by atoms with E-state index in [1.807, 2.05) is 54.6 Å². The van der Waals surface area contributed by atoms with Crippen molar-refractivity contribution in [1.29, 1.82) is 0 Å². The third kappa shape index (κ3) is 4.09. The van der Waals surface area contributed by atoms with E-state index in [2.05, 4.69) is 20.9 Å². The molecule has 5 rings (SSSR count). The highest BCUT2D eigenvalue weighted by molar-refractivity contribution is 6.07. The zero-order valence-electron chi connectivity index (χ0n) is 17.4. The zero-order valence-corrected chi connectivity index (χ0v) is 17.4. The van der Waals surface area contributed by atoms with E-state index in [0.717, 1.165) is 5.56 Å². The SMILES string of the molecule is O=C(NNC(=O)C(c1ccccc1)n1cccn1)c1cc(-c2ccco2)nc2ccccc12. The number of aromatic nitrogens is 3. The number of nitrogens with one attached hydrogen (secondary N) is 2. The van der Waals surface area contributed by atoms with Crippen molar-refractivity contribution in [3.05, 3.63) is 109 Å². The number of pyridine rings is 1. The van der Waals surface area contributed by atoms with Gasteiger partial charge in [-0.2, -0.15) is 5.10 Å². The number of fused-ring (bicyclic) bond motifs is 1.